The zero-order chi connectivity index (χ0) is 12.5. The van der Waals surface area contributed by atoms with Gasteiger partial charge in [0.05, 0.1) is 10.2 Å². The molecular formula is C12H16BrNO2S. The van der Waals surface area contributed by atoms with Gasteiger partial charge >= 0.3 is 5.97 Å². The zero-order valence-corrected chi connectivity index (χ0v) is 12.2. The fraction of sp³-hybridized carbons (Fsp3) is 0.583. The molecule has 5 heteroatoms. The normalized spacial score (nSPS) is 17.4. The summed E-state index contributed by atoms with van der Waals surface area (Å²) >= 11 is 5.14. The average Bonchev–Trinajstić information content (AvgIpc) is 2.80. The van der Waals surface area contributed by atoms with Gasteiger partial charge < -0.3 is 10.0 Å². The van der Waals surface area contributed by atoms with Crippen molar-refractivity contribution in [2.24, 2.45) is 5.41 Å². The number of hydrogen-bond acceptors (Lipinski definition) is 3. The molecule has 1 aromatic rings. The number of carboxylic acid groups (broad SMARTS) is 1. The van der Waals surface area contributed by atoms with E-state index in [1.807, 2.05) is 0 Å². The van der Waals surface area contributed by atoms with Crippen molar-refractivity contribution < 1.29 is 9.90 Å². The molecule has 94 valence electrons. The van der Waals surface area contributed by atoms with E-state index in [-0.39, 0.29) is 5.41 Å². The molecule has 0 saturated heterocycles. The van der Waals surface area contributed by atoms with Crippen molar-refractivity contribution >= 4 is 33.2 Å². The Balaban J connectivity index is 1.85. The third-order valence-electron chi connectivity index (χ3n) is 3.16. The standard InChI is InChI=1S/C12H16BrNO2S/c1-14(6-9-4-10(13)17-7-9)8-12(2-3-12)5-11(15)16/h4,7H,2-3,5-6,8H2,1H3,(H,15,16). The van der Waals surface area contributed by atoms with Crippen LogP contribution < -0.4 is 0 Å². The van der Waals surface area contributed by atoms with Gasteiger partial charge in [0.2, 0.25) is 0 Å². The Morgan fingerprint density at radius 3 is 2.82 bits per heavy atom. The van der Waals surface area contributed by atoms with E-state index in [1.165, 1.54) is 5.56 Å². The lowest BCUT2D eigenvalue weighted by Crippen LogP contribution is -2.27. The molecule has 1 aromatic heterocycles. The molecule has 1 aliphatic rings. The fourth-order valence-electron chi connectivity index (χ4n) is 2.26. The lowest BCUT2D eigenvalue weighted by atomic mass is 10.0. The number of carboxylic acids is 1. The second-order valence-electron chi connectivity index (χ2n) is 5.00. The van der Waals surface area contributed by atoms with E-state index in [4.69, 9.17) is 5.11 Å². The molecule has 0 bridgehead atoms. The highest BCUT2D eigenvalue weighted by molar-refractivity contribution is 9.11. The summed E-state index contributed by atoms with van der Waals surface area (Å²) < 4.78 is 1.15. The topological polar surface area (TPSA) is 40.5 Å². The molecule has 0 atom stereocenters. The van der Waals surface area contributed by atoms with E-state index in [9.17, 15) is 4.79 Å². The Bertz CT molecular complexity index is 414. The number of carbonyl (C=O) groups is 1. The van der Waals surface area contributed by atoms with Gasteiger partial charge in [0.1, 0.15) is 0 Å². The second-order valence-corrected chi connectivity index (χ2v) is 7.29. The first-order valence-electron chi connectivity index (χ1n) is 5.62. The van der Waals surface area contributed by atoms with Gasteiger partial charge in [-0.2, -0.15) is 0 Å². The molecule has 3 nitrogen and oxygen atoms in total. The van der Waals surface area contributed by atoms with Crippen LogP contribution in [0.15, 0.2) is 15.2 Å². The molecule has 0 aromatic carbocycles. The summed E-state index contributed by atoms with van der Waals surface area (Å²) in [5.74, 6) is -0.672. The third kappa shape index (κ3) is 3.79. The van der Waals surface area contributed by atoms with Gasteiger partial charge in [-0.1, -0.05) is 0 Å². The summed E-state index contributed by atoms with van der Waals surface area (Å²) in [7, 11) is 2.06. The molecule has 0 spiro atoms. The van der Waals surface area contributed by atoms with Crippen LogP contribution in [0.1, 0.15) is 24.8 Å². The highest BCUT2D eigenvalue weighted by Gasteiger charge is 2.44. The van der Waals surface area contributed by atoms with Crippen molar-refractivity contribution in [3.05, 3.63) is 20.8 Å². The van der Waals surface area contributed by atoms with E-state index in [1.54, 1.807) is 11.3 Å². The molecule has 0 radical (unpaired) electrons. The van der Waals surface area contributed by atoms with E-state index in [2.05, 4.69) is 39.3 Å². The molecule has 1 fully saturated rings. The Hall–Kier alpha value is -0.390. The van der Waals surface area contributed by atoms with Crippen LogP contribution in [0.5, 0.6) is 0 Å². The zero-order valence-electron chi connectivity index (χ0n) is 9.78. The Labute approximate surface area is 114 Å². The van der Waals surface area contributed by atoms with Crippen molar-refractivity contribution in [1.82, 2.24) is 4.90 Å². The summed E-state index contributed by atoms with van der Waals surface area (Å²) in [4.78, 5) is 13.0. The van der Waals surface area contributed by atoms with Crippen LogP contribution in [-0.2, 0) is 11.3 Å². The van der Waals surface area contributed by atoms with Gasteiger partial charge in [0.25, 0.3) is 0 Å². The van der Waals surface area contributed by atoms with Gasteiger partial charge in [-0.3, -0.25) is 4.79 Å². The lowest BCUT2D eigenvalue weighted by Gasteiger charge is -2.22. The number of nitrogens with zero attached hydrogens (tertiary/aromatic N) is 1. The van der Waals surface area contributed by atoms with Crippen LogP contribution in [-0.4, -0.2) is 29.6 Å². The first-order valence-corrected chi connectivity index (χ1v) is 7.30. The first kappa shape index (κ1) is 13.1. The molecule has 1 N–H and O–H groups in total. The molecule has 1 saturated carbocycles. The molecule has 1 heterocycles. The fourth-order valence-corrected chi connectivity index (χ4v) is 3.46. The minimum absolute atomic E-state index is 0.0494. The van der Waals surface area contributed by atoms with Crippen LogP contribution in [0.3, 0.4) is 0 Å². The SMILES string of the molecule is CN(Cc1csc(Br)c1)CC1(CC(=O)O)CC1. The van der Waals surface area contributed by atoms with E-state index >= 15 is 0 Å². The third-order valence-corrected chi connectivity index (χ3v) is 4.72. The Morgan fingerprint density at radius 2 is 2.35 bits per heavy atom. The van der Waals surface area contributed by atoms with E-state index < -0.39 is 5.97 Å². The highest BCUT2D eigenvalue weighted by Crippen LogP contribution is 2.49. The van der Waals surface area contributed by atoms with E-state index in [0.29, 0.717) is 6.42 Å². The Kier molecular flexibility index (Phi) is 3.90. The van der Waals surface area contributed by atoms with Crippen LogP contribution in [0, 0.1) is 5.41 Å². The highest BCUT2D eigenvalue weighted by atomic mass is 79.9. The monoisotopic (exact) mass is 317 g/mol. The predicted octanol–water partition coefficient (Wildman–Crippen LogP) is 3.20. The molecule has 0 unspecified atom stereocenters. The minimum atomic E-state index is -0.672. The number of thiophene rings is 1. The van der Waals surface area contributed by atoms with Gasteiger partial charge in [-0.15, -0.1) is 11.3 Å². The van der Waals surface area contributed by atoms with Crippen molar-refractivity contribution in [1.29, 1.82) is 0 Å². The lowest BCUT2D eigenvalue weighted by molar-refractivity contribution is -0.138. The van der Waals surface area contributed by atoms with Gasteiger partial charge in [0, 0.05) is 13.1 Å². The number of aliphatic carboxylic acids is 1. The maximum atomic E-state index is 10.8. The minimum Gasteiger partial charge on any atom is -0.481 e. The van der Waals surface area contributed by atoms with E-state index in [0.717, 1.165) is 29.7 Å². The summed E-state index contributed by atoms with van der Waals surface area (Å²) in [5.41, 5.74) is 1.34. The molecular weight excluding hydrogens is 302 g/mol. The number of halogens is 1. The van der Waals surface area contributed by atoms with Crippen LogP contribution in [0.4, 0.5) is 0 Å². The molecule has 0 amide bonds. The van der Waals surface area contributed by atoms with Crippen molar-refractivity contribution in [3.8, 4) is 0 Å². The van der Waals surface area contributed by atoms with Gasteiger partial charge in [-0.25, -0.2) is 0 Å². The summed E-state index contributed by atoms with van der Waals surface area (Å²) in [6, 6.07) is 2.12. The smallest absolute Gasteiger partial charge is 0.303 e. The molecule has 0 aliphatic heterocycles. The first-order chi connectivity index (χ1) is 7.99. The van der Waals surface area contributed by atoms with Crippen molar-refractivity contribution in [2.45, 2.75) is 25.8 Å². The molecule has 17 heavy (non-hydrogen) atoms. The summed E-state index contributed by atoms with van der Waals surface area (Å²) in [6.07, 6.45) is 2.42. The Morgan fingerprint density at radius 1 is 1.65 bits per heavy atom. The van der Waals surface area contributed by atoms with Crippen LogP contribution >= 0.6 is 27.3 Å². The quantitative estimate of drug-likeness (QED) is 0.876. The number of rotatable bonds is 6. The average molecular weight is 318 g/mol. The second kappa shape index (κ2) is 5.08. The van der Waals surface area contributed by atoms with Crippen molar-refractivity contribution in [3.63, 3.8) is 0 Å². The molecule has 1 aliphatic carbocycles. The largest absolute Gasteiger partial charge is 0.481 e. The van der Waals surface area contributed by atoms with Crippen molar-refractivity contribution in [2.75, 3.05) is 13.6 Å². The van der Waals surface area contributed by atoms with Crippen LogP contribution in [0.25, 0.3) is 0 Å². The van der Waals surface area contributed by atoms with Gasteiger partial charge in [-0.05, 0) is 58.2 Å². The van der Waals surface area contributed by atoms with Crippen LogP contribution in [0.2, 0.25) is 0 Å². The number of hydrogen-bond donors (Lipinski definition) is 1. The maximum absolute atomic E-state index is 10.8. The predicted molar refractivity (Wildman–Crippen MR) is 72.3 cm³/mol. The maximum Gasteiger partial charge on any atom is 0.303 e. The molecule has 2 rings (SSSR count). The van der Waals surface area contributed by atoms with Gasteiger partial charge in [0.15, 0.2) is 0 Å². The summed E-state index contributed by atoms with van der Waals surface area (Å²) in [5, 5.41) is 11.0. The summed E-state index contributed by atoms with van der Waals surface area (Å²) in [6.45, 7) is 1.77.